The molecule has 0 aliphatic carbocycles. The fourth-order valence-electron chi connectivity index (χ4n) is 2.34. The van der Waals surface area contributed by atoms with E-state index in [1.54, 1.807) is 44.2 Å². The molecule has 0 bridgehead atoms. The fourth-order valence-corrected chi connectivity index (χ4v) is 3.33. The quantitative estimate of drug-likeness (QED) is 0.704. The van der Waals surface area contributed by atoms with Crippen molar-refractivity contribution >= 4 is 22.1 Å². The van der Waals surface area contributed by atoms with Gasteiger partial charge in [-0.15, -0.1) is 0 Å². The number of carbonyl (C=O) groups is 1. The van der Waals surface area contributed by atoms with Gasteiger partial charge in [0.25, 0.3) is 10.0 Å². The highest BCUT2D eigenvalue weighted by molar-refractivity contribution is 7.92. The number of aryl methyl sites for hydroxylation is 2. The highest BCUT2D eigenvalue weighted by Gasteiger charge is 2.16. The minimum atomic E-state index is -3.77. The van der Waals surface area contributed by atoms with Crippen LogP contribution in [0.5, 0.6) is 0 Å². The van der Waals surface area contributed by atoms with Crippen LogP contribution in [0.25, 0.3) is 11.3 Å². The molecule has 0 fully saturated rings. The number of carbonyl (C=O) groups excluding carboxylic acids is 1. The van der Waals surface area contributed by atoms with E-state index in [-0.39, 0.29) is 16.5 Å². The second kappa shape index (κ2) is 6.48. The van der Waals surface area contributed by atoms with E-state index in [0.717, 1.165) is 0 Å². The van der Waals surface area contributed by atoms with E-state index < -0.39 is 10.0 Å². The van der Waals surface area contributed by atoms with Crippen molar-refractivity contribution in [2.24, 2.45) is 0 Å². The molecule has 0 atom stereocenters. The number of hydrogen-bond donors (Lipinski definition) is 1. The highest BCUT2D eigenvalue weighted by Crippen LogP contribution is 2.24. The lowest BCUT2D eigenvalue weighted by molar-refractivity contribution is 0.110. The number of aromatic nitrogens is 2. The van der Waals surface area contributed by atoms with Crippen molar-refractivity contribution in [2.45, 2.75) is 18.7 Å². The second-order valence-electron chi connectivity index (χ2n) is 5.39. The van der Waals surface area contributed by atoms with Crippen molar-refractivity contribution < 1.29 is 17.6 Å². The molecule has 128 valence electrons. The molecule has 1 N–H and O–H groups in total. The summed E-state index contributed by atoms with van der Waals surface area (Å²) in [6.45, 7) is 3.45. The fraction of sp³-hybridized carbons (Fsp3) is 0.118. The number of benzene rings is 1. The van der Waals surface area contributed by atoms with Gasteiger partial charge in [0.2, 0.25) is 0 Å². The van der Waals surface area contributed by atoms with Gasteiger partial charge in [-0.05, 0) is 50.2 Å². The lowest BCUT2D eigenvalue weighted by Crippen LogP contribution is -2.14. The van der Waals surface area contributed by atoms with Crippen LogP contribution in [-0.2, 0) is 10.0 Å². The normalized spacial score (nSPS) is 11.3. The first-order valence-electron chi connectivity index (χ1n) is 7.38. The minimum absolute atomic E-state index is 0.0901. The molecule has 7 nitrogen and oxygen atoms in total. The number of nitrogens with one attached hydrogen (secondary N) is 1. The van der Waals surface area contributed by atoms with Crippen molar-refractivity contribution in [1.82, 2.24) is 9.97 Å². The Morgan fingerprint density at radius 3 is 2.36 bits per heavy atom. The smallest absolute Gasteiger partial charge is 0.263 e. The Hall–Kier alpha value is -3.00. The van der Waals surface area contributed by atoms with Gasteiger partial charge >= 0.3 is 0 Å². The predicted octanol–water partition coefficient (Wildman–Crippen LogP) is 2.97. The van der Waals surface area contributed by atoms with Gasteiger partial charge in [0, 0.05) is 17.3 Å². The van der Waals surface area contributed by atoms with Crippen molar-refractivity contribution in [3.05, 3.63) is 59.7 Å². The summed E-state index contributed by atoms with van der Waals surface area (Å²) in [4.78, 5) is 18.9. The Bertz CT molecular complexity index is 1000. The third kappa shape index (κ3) is 3.74. The first-order valence-corrected chi connectivity index (χ1v) is 8.86. The minimum Gasteiger partial charge on any atom is -0.453 e. The molecule has 2 heterocycles. The van der Waals surface area contributed by atoms with Gasteiger partial charge < -0.3 is 4.42 Å². The van der Waals surface area contributed by atoms with Gasteiger partial charge in [0.05, 0.1) is 4.90 Å². The maximum atomic E-state index is 12.5. The molecule has 0 saturated heterocycles. The number of furan rings is 1. The van der Waals surface area contributed by atoms with Gasteiger partial charge in [-0.25, -0.2) is 18.4 Å². The van der Waals surface area contributed by atoms with Gasteiger partial charge in [-0.3, -0.25) is 9.52 Å². The molecule has 25 heavy (non-hydrogen) atoms. The summed E-state index contributed by atoms with van der Waals surface area (Å²) < 4.78 is 32.7. The topological polar surface area (TPSA) is 102 Å². The molecule has 0 aliphatic heterocycles. The summed E-state index contributed by atoms with van der Waals surface area (Å²) in [6, 6.07) is 10.9. The number of anilines is 1. The molecule has 0 spiro atoms. The van der Waals surface area contributed by atoms with Crippen LogP contribution in [-0.4, -0.2) is 24.7 Å². The highest BCUT2D eigenvalue weighted by atomic mass is 32.2. The van der Waals surface area contributed by atoms with Crippen LogP contribution < -0.4 is 4.72 Å². The van der Waals surface area contributed by atoms with Crippen LogP contribution in [0.4, 0.5) is 5.82 Å². The molecule has 0 unspecified atom stereocenters. The van der Waals surface area contributed by atoms with Crippen LogP contribution in [0.15, 0.2) is 51.8 Å². The average molecular weight is 357 g/mol. The zero-order valence-electron chi connectivity index (χ0n) is 13.6. The SMILES string of the molecule is Cc1cc(NS(=O)(=O)c2ccc(-c3ccc(C=O)o3)cc2)nc(C)n1. The zero-order chi connectivity index (χ0) is 18.0. The number of rotatable bonds is 5. The first kappa shape index (κ1) is 16.8. The maximum absolute atomic E-state index is 12.5. The lowest BCUT2D eigenvalue weighted by Gasteiger charge is -2.09. The third-order valence-corrected chi connectivity index (χ3v) is 4.77. The van der Waals surface area contributed by atoms with Gasteiger partial charge in [-0.2, -0.15) is 0 Å². The third-order valence-electron chi connectivity index (χ3n) is 3.40. The molecule has 8 heteroatoms. The standard InChI is InChI=1S/C17H15N3O4S/c1-11-9-17(19-12(2)18-11)20-25(22,23)15-6-3-13(4-7-15)16-8-5-14(10-21)24-16/h3-10H,1-2H3,(H,18,19,20). The molecule has 0 aliphatic rings. The molecule has 1 aromatic carbocycles. The predicted molar refractivity (Wildman–Crippen MR) is 91.8 cm³/mol. The number of aldehydes is 1. The summed E-state index contributed by atoms with van der Waals surface area (Å²) in [5.41, 5.74) is 1.34. The van der Waals surface area contributed by atoms with E-state index in [0.29, 0.717) is 29.1 Å². The Labute approximate surface area is 144 Å². The summed E-state index contributed by atoms with van der Waals surface area (Å²) in [7, 11) is -3.77. The van der Waals surface area contributed by atoms with Crippen LogP contribution >= 0.6 is 0 Å². The molecule has 3 aromatic rings. The monoisotopic (exact) mass is 357 g/mol. The Kier molecular flexibility index (Phi) is 4.37. The van der Waals surface area contributed by atoms with Gasteiger partial charge in [-0.1, -0.05) is 0 Å². The van der Waals surface area contributed by atoms with Crippen LogP contribution in [0.3, 0.4) is 0 Å². The summed E-state index contributed by atoms with van der Waals surface area (Å²) >= 11 is 0. The van der Waals surface area contributed by atoms with Crippen molar-refractivity contribution in [2.75, 3.05) is 4.72 Å². The second-order valence-corrected chi connectivity index (χ2v) is 7.07. The molecule has 3 rings (SSSR count). The van der Waals surface area contributed by atoms with E-state index in [1.807, 2.05) is 0 Å². The Morgan fingerprint density at radius 1 is 1.04 bits per heavy atom. The van der Waals surface area contributed by atoms with Gasteiger partial charge in [0.15, 0.2) is 12.0 Å². The van der Waals surface area contributed by atoms with Crippen LogP contribution in [0.2, 0.25) is 0 Å². The average Bonchev–Trinajstić information content (AvgIpc) is 3.02. The lowest BCUT2D eigenvalue weighted by atomic mass is 10.2. The summed E-state index contributed by atoms with van der Waals surface area (Å²) in [5, 5.41) is 0. The Morgan fingerprint density at radius 2 is 1.76 bits per heavy atom. The summed E-state index contributed by atoms with van der Waals surface area (Å²) in [6.07, 6.45) is 0.609. The van der Waals surface area contributed by atoms with Crippen molar-refractivity contribution in [3.63, 3.8) is 0 Å². The maximum Gasteiger partial charge on any atom is 0.263 e. The Balaban J connectivity index is 1.86. The molecule has 2 aromatic heterocycles. The van der Waals surface area contributed by atoms with Gasteiger partial charge in [0.1, 0.15) is 17.4 Å². The largest absolute Gasteiger partial charge is 0.453 e. The van der Waals surface area contributed by atoms with E-state index in [2.05, 4.69) is 14.7 Å². The van der Waals surface area contributed by atoms with E-state index in [9.17, 15) is 13.2 Å². The molecule has 0 amide bonds. The van der Waals surface area contributed by atoms with E-state index in [1.165, 1.54) is 12.1 Å². The zero-order valence-corrected chi connectivity index (χ0v) is 14.4. The number of hydrogen-bond acceptors (Lipinski definition) is 6. The van der Waals surface area contributed by atoms with Crippen molar-refractivity contribution in [1.29, 1.82) is 0 Å². The van der Waals surface area contributed by atoms with Crippen LogP contribution in [0.1, 0.15) is 22.1 Å². The number of sulfonamides is 1. The molecular formula is C17H15N3O4S. The molecule has 0 radical (unpaired) electrons. The molecule has 0 saturated carbocycles. The molecular weight excluding hydrogens is 342 g/mol. The number of nitrogens with zero attached hydrogens (tertiary/aromatic N) is 2. The van der Waals surface area contributed by atoms with Crippen LogP contribution in [0, 0.1) is 13.8 Å². The van der Waals surface area contributed by atoms with E-state index in [4.69, 9.17) is 4.42 Å². The van der Waals surface area contributed by atoms with E-state index >= 15 is 0 Å². The first-order chi connectivity index (χ1) is 11.9. The summed E-state index contributed by atoms with van der Waals surface area (Å²) in [5.74, 6) is 1.40. The van der Waals surface area contributed by atoms with Crippen molar-refractivity contribution in [3.8, 4) is 11.3 Å².